The van der Waals surface area contributed by atoms with Gasteiger partial charge in [0.2, 0.25) is 0 Å². The van der Waals surface area contributed by atoms with E-state index in [0.717, 1.165) is 18.7 Å². The molecule has 1 aliphatic heterocycles. The highest BCUT2D eigenvalue weighted by atomic mass is 16.6. The Hall–Kier alpha value is -0.795. The maximum atomic E-state index is 5.76. The van der Waals surface area contributed by atoms with Gasteiger partial charge >= 0.3 is 7.12 Å². The van der Waals surface area contributed by atoms with E-state index in [1.165, 1.54) is 6.42 Å². The van der Waals surface area contributed by atoms with Gasteiger partial charge in [0, 0.05) is 19.1 Å². The zero-order chi connectivity index (χ0) is 11.4. The van der Waals surface area contributed by atoms with Gasteiger partial charge in [0.1, 0.15) is 0 Å². The molecule has 0 radical (unpaired) electrons. The van der Waals surface area contributed by atoms with Crippen molar-refractivity contribution < 1.29 is 9.31 Å². The normalized spacial score (nSPS) is 18.1. The first-order valence-corrected chi connectivity index (χ1v) is 6.04. The van der Waals surface area contributed by atoms with Crippen LogP contribution in [0.25, 0.3) is 0 Å². The van der Waals surface area contributed by atoms with E-state index in [-0.39, 0.29) is 7.12 Å². The first-order chi connectivity index (χ1) is 7.75. The summed E-state index contributed by atoms with van der Waals surface area (Å²) in [5, 5.41) is 0. The van der Waals surface area contributed by atoms with Gasteiger partial charge in [-0.1, -0.05) is 44.2 Å². The van der Waals surface area contributed by atoms with Crippen molar-refractivity contribution in [3.63, 3.8) is 0 Å². The van der Waals surface area contributed by atoms with E-state index in [9.17, 15) is 0 Å². The molecule has 3 heteroatoms. The Morgan fingerprint density at radius 3 is 2.38 bits per heavy atom. The zero-order valence-electron chi connectivity index (χ0n) is 10.1. The van der Waals surface area contributed by atoms with Crippen molar-refractivity contribution in [2.75, 3.05) is 13.2 Å². The summed E-state index contributed by atoms with van der Waals surface area (Å²) < 4.78 is 11.5. The molecule has 2 nitrogen and oxygen atoms in total. The van der Waals surface area contributed by atoms with Crippen LogP contribution in [0.5, 0.6) is 0 Å². The molecular formula is C13H19BO2. The van der Waals surface area contributed by atoms with Crippen LogP contribution < -0.4 is 5.46 Å². The average molecular weight is 218 g/mol. The molecule has 16 heavy (non-hydrogen) atoms. The van der Waals surface area contributed by atoms with Gasteiger partial charge in [-0.2, -0.15) is 0 Å². The maximum absolute atomic E-state index is 5.76. The lowest BCUT2D eigenvalue weighted by Gasteiger charge is -2.28. The van der Waals surface area contributed by atoms with Crippen molar-refractivity contribution in [2.24, 2.45) is 11.8 Å². The van der Waals surface area contributed by atoms with Crippen molar-refractivity contribution in [2.45, 2.75) is 20.3 Å². The maximum Gasteiger partial charge on any atom is 0.493 e. The van der Waals surface area contributed by atoms with E-state index in [1.807, 2.05) is 30.3 Å². The van der Waals surface area contributed by atoms with E-state index in [1.54, 1.807) is 0 Å². The predicted octanol–water partition coefficient (Wildman–Crippen LogP) is 2.09. The standard InChI is InChI=1S/C13H19BO2/c1-11(2)8-12-9-15-14(16-10-12)13-6-4-3-5-7-13/h3-7,11-12H,8-10H2,1-2H3. The topological polar surface area (TPSA) is 18.5 Å². The van der Waals surface area contributed by atoms with Crippen LogP contribution in [-0.4, -0.2) is 20.3 Å². The van der Waals surface area contributed by atoms with Gasteiger partial charge < -0.3 is 9.31 Å². The van der Waals surface area contributed by atoms with Crippen LogP contribution in [0.4, 0.5) is 0 Å². The summed E-state index contributed by atoms with van der Waals surface area (Å²) in [7, 11) is -0.162. The minimum absolute atomic E-state index is 0.162. The summed E-state index contributed by atoms with van der Waals surface area (Å²) in [5.74, 6) is 1.27. The van der Waals surface area contributed by atoms with Gasteiger partial charge in [-0.3, -0.25) is 0 Å². The Morgan fingerprint density at radius 1 is 1.19 bits per heavy atom. The molecule has 1 heterocycles. The summed E-state index contributed by atoms with van der Waals surface area (Å²) in [6, 6.07) is 10.1. The molecule has 0 amide bonds. The molecule has 0 N–H and O–H groups in total. The van der Waals surface area contributed by atoms with Crippen molar-refractivity contribution in [1.82, 2.24) is 0 Å². The minimum Gasteiger partial charge on any atom is -0.407 e. The van der Waals surface area contributed by atoms with Gasteiger partial charge in [0.25, 0.3) is 0 Å². The van der Waals surface area contributed by atoms with Crippen molar-refractivity contribution in [3.05, 3.63) is 30.3 Å². The predicted molar refractivity (Wildman–Crippen MR) is 66.7 cm³/mol. The second kappa shape index (κ2) is 5.51. The van der Waals surface area contributed by atoms with Gasteiger partial charge in [0.05, 0.1) is 0 Å². The molecule has 1 aromatic rings. The molecule has 1 saturated heterocycles. The SMILES string of the molecule is CC(C)CC1COB(c2ccccc2)OC1. The van der Waals surface area contributed by atoms with Crippen LogP contribution >= 0.6 is 0 Å². The summed E-state index contributed by atoms with van der Waals surface area (Å²) >= 11 is 0. The molecule has 0 unspecified atom stereocenters. The highest BCUT2D eigenvalue weighted by Gasteiger charge is 2.28. The summed E-state index contributed by atoms with van der Waals surface area (Å²) in [5.41, 5.74) is 1.12. The lowest BCUT2D eigenvalue weighted by atomic mass is 9.77. The molecule has 1 aliphatic rings. The molecule has 0 atom stereocenters. The van der Waals surface area contributed by atoms with Crippen LogP contribution in [0.1, 0.15) is 20.3 Å². The number of hydrogen-bond donors (Lipinski definition) is 0. The lowest BCUT2D eigenvalue weighted by Crippen LogP contribution is -2.44. The molecule has 0 bridgehead atoms. The van der Waals surface area contributed by atoms with Gasteiger partial charge in [-0.15, -0.1) is 0 Å². The Balaban J connectivity index is 1.86. The summed E-state index contributed by atoms with van der Waals surface area (Å²) in [6.07, 6.45) is 1.18. The fourth-order valence-corrected chi connectivity index (χ4v) is 2.15. The Kier molecular flexibility index (Phi) is 4.02. The third kappa shape index (κ3) is 3.10. The van der Waals surface area contributed by atoms with E-state index >= 15 is 0 Å². The van der Waals surface area contributed by atoms with Crippen LogP contribution in [-0.2, 0) is 9.31 Å². The van der Waals surface area contributed by atoms with Crippen LogP contribution in [0.2, 0.25) is 0 Å². The largest absolute Gasteiger partial charge is 0.493 e. The summed E-state index contributed by atoms with van der Waals surface area (Å²) in [6.45, 7) is 6.11. The van der Waals surface area contributed by atoms with Crippen LogP contribution in [0.15, 0.2) is 30.3 Å². The number of benzene rings is 1. The van der Waals surface area contributed by atoms with Gasteiger partial charge in [-0.05, 0) is 17.8 Å². The van der Waals surface area contributed by atoms with Crippen LogP contribution in [0.3, 0.4) is 0 Å². The lowest BCUT2D eigenvalue weighted by molar-refractivity contribution is 0.0759. The van der Waals surface area contributed by atoms with Crippen molar-refractivity contribution in [1.29, 1.82) is 0 Å². The number of rotatable bonds is 3. The summed E-state index contributed by atoms with van der Waals surface area (Å²) in [4.78, 5) is 0. The molecule has 0 aromatic heterocycles. The third-order valence-electron chi connectivity index (χ3n) is 2.84. The smallest absolute Gasteiger partial charge is 0.407 e. The second-order valence-corrected chi connectivity index (χ2v) is 4.90. The quantitative estimate of drug-likeness (QED) is 0.723. The highest BCUT2D eigenvalue weighted by Crippen LogP contribution is 2.17. The Bertz CT molecular complexity index is 305. The molecule has 1 fully saturated rings. The fraction of sp³-hybridized carbons (Fsp3) is 0.538. The fourth-order valence-electron chi connectivity index (χ4n) is 2.15. The molecule has 0 spiro atoms. The van der Waals surface area contributed by atoms with E-state index in [4.69, 9.17) is 9.31 Å². The Morgan fingerprint density at radius 2 is 1.81 bits per heavy atom. The molecule has 0 aliphatic carbocycles. The van der Waals surface area contributed by atoms with E-state index < -0.39 is 0 Å². The zero-order valence-corrected chi connectivity index (χ0v) is 10.1. The minimum atomic E-state index is -0.162. The average Bonchev–Trinajstić information content (AvgIpc) is 2.30. The highest BCUT2D eigenvalue weighted by molar-refractivity contribution is 6.61. The molecule has 0 saturated carbocycles. The monoisotopic (exact) mass is 218 g/mol. The van der Waals surface area contributed by atoms with Crippen molar-refractivity contribution in [3.8, 4) is 0 Å². The molecule has 1 aromatic carbocycles. The first-order valence-electron chi connectivity index (χ1n) is 6.04. The Labute approximate surface area is 98.1 Å². The molecular weight excluding hydrogens is 199 g/mol. The number of hydrogen-bond acceptors (Lipinski definition) is 2. The van der Waals surface area contributed by atoms with Gasteiger partial charge in [0.15, 0.2) is 0 Å². The van der Waals surface area contributed by atoms with E-state index in [2.05, 4.69) is 13.8 Å². The van der Waals surface area contributed by atoms with Crippen LogP contribution in [0, 0.1) is 11.8 Å². The van der Waals surface area contributed by atoms with Gasteiger partial charge in [-0.25, -0.2) is 0 Å². The third-order valence-corrected chi connectivity index (χ3v) is 2.84. The van der Waals surface area contributed by atoms with E-state index in [0.29, 0.717) is 11.8 Å². The van der Waals surface area contributed by atoms with Crippen molar-refractivity contribution >= 4 is 12.6 Å². The first kappa shape index (κ1) is 11.7. The molecule has 2 rings (SSSR count). The second-order valence-electron chi connectivity index (χ2n) is 4.90. The molecule has 86 valence electrons.